The molecule has 25 heavy (non-hydrogen) atoms. The van der Waals surface area contributed by atoms with E-state index in [1.807, 2.05) is 13.1 Å². The zero-order valence-electron chi connectivity index (χ0n) is 14.3. The molecule has 1 aliphatic rings. The van der Waals surface area contributed by atoms with Crippen LogP contribution in [0, 0.1) is 11.3 Å². The van der Waals surface area contributed by atoms with Gasteiger partial charge in [0.05, 0.1) is 17.4 Å². The van der Waals surface area contributed by atoms with Crippen LogP contribution in [0.2, 0.25) is 0 Å². The van der Waals surface area contributed by atoms with Crippen LogP contribution in [0.1, 0.15) is 37.9 Å². The molecule has 1 aliphatic carbocycles. The van der Waals surface area contributed by atoms with E-state index >= 15 is 0 Å². The van der Waals surface area contributed by atoms with Gasteiger partial charge in [0.2, 0.25) is 0 Å². The van der Waals surface area contributed by atoms with Gasteiger partial charge in [-0.1, -0.05) is 31.4 Å². The molecule has 0 aliphatic heterocycles. The Morgan fingerprint density at radius 2 is 2.08 bits per heavy atom. The van der Waals surface area contributed by atoms with E-state index in [9.17, 15) is 15.2 Å². The summed E-state index contributed by atoms with van der Waals surface area (Å²) in [6, 6.07) is 9.34. The largest absolute Gasteiger partial charge is 0.509 e. The number of allylic oxidation sites excluding steroid dienone is 1. The van der Waals surface area contributed by atoms with Crippen molar-refractivity contribution in [1.82, 2.24) is 14.9 Å². The average Bonchev–Trinajstić information content (AvgIpc) is 2.63. The Kier molecular flexibility index (Phi) is 5.15. The summed E-state index contributed by atoms with van der Waals surface area (Å²) in [5.74, 6) is 0.0507. The van der Waals surface area contributed by atoms with Gasteiger partial charge in [0.1, 0.15) is 17.4 Å². The highest BCUT2D eigenvalue weighted by molar-refractivity contribution is 5.81. The first-order chi connectivity index (χ1) is 12.1. The van der Waals surface area contributed by atoms with Crippen LogP contribution in [0.3, 0.4) is 0 Å². The van der Waals surface area contributed by atoms with Crippen LogP contribution in [-0.4, -0.2) is 39.6 Å². The summed E-state index contributed by atoms with van der Waals surface area (Å²) in [5.41, 5.74) is 0.203. The van der Waals surface area contributed by atoms with E-state index in [1.165, 1.54) is 19.3 Å². The number of nitrogens with one attached hydrogen (secondary N) is 1. The van der Waals surface area contributed by atoms with Gasteiger partial charge < -0.3 is 10.1 Å². The number of fused-ring (bicyclic) bond motifs is 1. The predicted molar refractivity (Wildman–Crippen MR) is 97.0 cm³/mol. The maximum absolute atomic E-state index is 12.2. The Morgan fingerprint density at radius 3 is 2.80 bits per heavy atom. The molecule has 1 heterocycles. The number of aliphatic hydroxyl groups is 1. The molecule has 0 amide bonds. The highest BCUT2D eigenvalue weighted by Crippen LogP contribution is 2.23. The number of rotatable bonds is 4. The normalized spacial score (nSPS) is 16.7. The Morgan fingerprint density at radius 1 is 1.36 bits per heavy atom. The van der Waals surface area contributed by atoms with Gasteiger partial charge in [-0.05, 0) is 32.0 Å². The van der Waals surface area contributed by atoms with Crippen molar-refractivity contribution in [1.29, 1.82) is 5.26 Å². The van der Waals surface area contributed by atoms with Gasteiger partial charge in [-0.3, -0.25) is 9.69 Å². The molecule has 0 radical (unpaired) electrons. The second-order valence-corrected chi connectivity index (χ2v) is 6.57. The van der Waals surface area contributed by atoms with E-state index in [1.54, 1.807) is 24.3 Å². The van der Waals surface area contributed by atoms with Crippen LogP contribution >= 0.6 is 0 Å². The van der Waals surface area contributed by atoms with Gasteiger partial charge in [-0.2, -0.15) is 5.26 Å². The third kappa shape index (κ3) is 3.72. The molecule has 1 fully saturated rings. The van der Waals surface area contributed by atoms with E-state index in [0.29, 0.717) is 16.9 Å². The van der Waals surface area contributed by atoms with Crippen LogP contribution in [0.4, 0.5) is 0 Å². The lowest BCUT2D eigenvalue weighted by Crippen LogP contribution is -2.35. The first-order valence-electron chi connectivity index (χ1n) is 8.62. The highest BCUT2D eigenvalue weighted by Gasteiger charge is 2.21. The van der Waals surface area contributed by atoms with Gasteiger partial charge in [0.25, 0.3) is 5.56 Å². The fourth-order valence-electron chi connectivity index (χ4n) is 3.43. The lowest BCUT2D eigenvalue weighted by atomic mass is 9.94. The van der Waals surface area contributed by atoms with Gasteiger partial charge in [0, 0.05) is 6.04 Å². The molecule has 0 atom stereocenters. The molecule has 0 unspecified atom stereocenters. The third-order valence-corrected chi connectivity index (χ3v) is 4.85. The number of benzene rings is 1. The van der Waals surface area contributed by atoms with Crippen LogP contribution in [-0.2, 0) is 0 Å². The van der Waals surface area contributed by atoms with E-state index in [-0.39, 0.29) is 29.3 Å². The van der Waals surface area contributed by atoms with E-state index in [0.717, 1.165) is 12.8 Å². The number of likely N-dealkylation sites (N-methyl/N-ethyl adjacent to an activating group) is 1. The summed E-state index contributed by atoms with van der Waals surface area (Å²) in [6.45, 7) is 0.268. The van der Waals surface area contributed by atoms with Gasteiger partial charge in [0.15, 0.2) is 5.82 Å². The molecule has 2 aromatic rings. The zero-order valence-corrected chi connectivity index (χ0v) is 14.3. The molecule has 1 aromatic carbocycles. The topological polar surface area (TPSA) is 93.0 Å². The minimum absolute atomic E-state index is 0.0190. The molecule has 0 spiro atoms. The fourth-order valence-corrected chi connectivity index (χ4v) is 3.43. The average molecular weight is 338 g/mol. The molecule has 1 aromatic heterocycles. The van der Waals surface area contributed by atoms with Gasteiger partial charge in [-0.25, -0.2) is 4.98 Å². The van der Waals surface area contributed by atoms with Crippen molar-refractivity contribution in [3.63, 3.8) is 0 Å². The maximum atomic E-state index is 12.2. The molecule has 6 nitrogen and oxygen atoms in total. The number of hydrogen-bond donors (Lipinski definition) is 2. The van der Waals surface area contributed by atoms with E-state index in [2.05, 4.69) is 14.9 Å². The first-order valence-corrected chi connectivity index (χ1v) is 8.62. The van der Waals surface area contributed by atoms with Crippen LogP contribution in [0.5, 0.6) is 0 Å². The number of H-pyrrole nitrogens is 1. The monoisotopic (exact) mass is 338 g/mol. The minimum Gasteiger partial charge on any atom is -0.509 e. The summed E-state index contributed by atoms with van der Waals surface area (Å²) in [4.78, 5) is 21.2. The van der Waals surface area contributed by atoms with Crippen molar-refractivity contribution in [3.8, 4) is 6.07 Å². The molecule has 3 rings (SSSR count). The molecule has 6 heteroatoms. The molecule has 1 saturated carbocycles. The molecular weight excluding hydrogens is 316 g/mol. The lowest BCUT2D eigenvalue weighted by molar-refractivity contribution is 0.184. The van der Waals surface area contributed by atoms with Crippen molar-refractivity contribution in [2.45, 2.75) is 38.1 Å². The van der Waals surface area contributed by atoms with Crippen molar-refractivity contribution < 1.29 is 5.11 Å². The van der Waals surface area contributed by atoms with Gasteiger partial charge in [-0.15, -0.1) is 0 Å². The second kappa shape index (κ2) is 7.49. The summed E-state index contributed by atoms with van der Waals surface area (Å²) in [5, 5.41) is 20.4. The molecule has 0 saturated heterocycles. The Bertz CT molecular complexity index is 888. The Balaban J connectivity index is 1.91. The lowest BCUT2D eigenvalue weighted by Gasteiger charge is -2.30. The van der Waals surface area contributed by atoms with E-state index in [4.69, 9.17) is 0 Å². The summed E-state index contributed by atoms with van der Waals surface area (Å²) in [6.07, 6.45) is 5.87. The highest BCUT2D eigenvalue weighted by atomic mass is 16.3. The van der Waals surface area contributed by atoms with Crippen LogP contribution in [0.15, 0.2) is 34.8 Å². The summed E-state index contributed by atoms with van der Waals surface area (Å²) < 4.78 is 0. The van der Waals surface area contributed by atoms with Crippen LogP contribution < -0.4 is 5.56 Å². The SMILES string of the molecule is CN(CC(O)=C(C#N)c1nc2ccccc2c(=O)[nH]1)C1CCCCC1. The Hall–Kier alpha value is -2.65. The quantitative estimate of drug-likeness (QED) is 0.660. The number of aliphatic hydroxyl groups excluding tert-OH is 1. The molecule has 2 N–H and O–H groups in total. The Labute approximate surface area is 146 Å². The van der Waals surface area contributed by atoms with Crippen LogP contribution in [0.25, 0.3) is 16.5 Å². The van der Waals surface area contributed by atoms with Crippen molar-refractivity contribution in [2.24, 2.45) is 0 Å². The van der Waals surface area contributed by atoms with Crippen molar-refractivity contribution in [2.75, 3.05) is 13.6 Å². The molecular formula is C19H22N4O2. The van der Waals surface area contributed by atoms with E-state index < -0.39 is 0 Å². The fraction of sp³-hybridized carbons (Fsp3) is 0.421. The zero-order chi connectivity index (χ0) is 17.8. The molecule has 0 bridgehead atoms. The van der Waals surface area contributed by atoms with Crippen molar-refractivity contribution in [3.05, 3.63) is 46.2 Å². The molecule has 130 valence electrons. The second-order valence-electron chi connectivity index (χ2n) is 6.57. The number of hydrogen-bond acceptors (Lipinski definition) is 5. The third-order valence-electron chi connectivity index (χ3n) is 4.85. The predicted octanol–water partition coefficient (Wildman–Crippen LogP) is 2.98. The number of nitrogens with zero attached hydrogens (tertiary/aromatic N) is 3. The smallest absolute Gasteiger partial charge is 0.259 e. The van der Waals surface area contributed by atoms with Crippen molar-refractivity contribution >= 4 is 16.5 Å². The minimum atomic E-state index is -0.318. The first kappa shape index (κ1) is 17.2. The summed E-state index contributed by atoms with van der Waals surface area (Å²) >= 11 is 0. The number of para-hydroxylation sites is 1. The van der Waals surface area contributed by atoms with Gasteiger partial charge >= 0.3 is 0 Å². The maximum Gasteiger partial charge on any atom is 0.259 e. The standard InChI is InChI=1S/C19H22N4O2/c1-23(13-7-3-2-4-8-13)12-17(24)15(11-20)18-21-16-10-6-5-9-14(16)19(25)22-18/h5-6,9-10,13,24H,2-4,7-8,12H2,1H3,(H,21,22,25). The summed E-state index contributed by atoms with van der Waals surface area (Å²) in [7, 11) is 1.96. The number of nitriles is 1. The number of aromatic nitrogens is 2. The number of aromatic amines is 1.